The van der Waals surface area contributed by atoms with E-state index in [0.29, 0.717) is 12.5 Å². The molecule has 2 atom stereocenters. The molecule has 102 valence electrons. The summed E-state index contributed by atoms with van der Waals surface area (Å²) in [6, 6.07) is 7.32. The van der Waals surface area contributed by atoms with Gasteiger partial charge < -0.3 is 15.6 Å². The minimum Gasteiger partial charge on any atom is -0.494 e. The second kappa shape index (κ2) is 7.39. The molecule has 0 unspecified atom stereocenters. The van der Waals surface area contributed by atoms with Crippen molar-refractivity contribution in [3.63, 3.8) is 0 Å². The Kier molecular flexibility index (Phi) is 6.16. The molecule has 0 bridgehead atoms. The van der Waals surface area contributed by atoms with Crippen molar-refractivity contribution in [2.75, 3.05) is 6.61 Å². The molecule has 3 nitrogen and oxygen atoms in total. The van der Waals surface area contributed by atoms with Crippen LogP contribution in [0.1, 0.15) is 45.2 Å². The van der Waals surface area contributed by atoms with Crippen molar-refractivity contribution in [2.45, 2.75) is 45.8 Å². The first kappa shape index (κ1) is 15.0. The molecule has 1 aromatic rings. The van der Waals surface area contributed by atoms with Gasteiger partial charge in [0.1, 0.15) is 5.75 Å². The lowest BCUT2D eigenvalue weighted by atomic mass is 9.96. The lowest BCUT2D eigenvalue weighted by molar-refractivity contribution is 0.128. The zero-order chi connectivity index (χ0) is 13.5. The summed E-state index contributed by atoms with van der Waals surface area (Å²) in [6.45, 7) is 6.88. The predicted molar refractivity (Wildman–Crippen MR) is 74.6 cm³/mol. The third-order valence-corrected chi connectivity index (χ3v) is 3.01. The number of nitrogens with two attached hydrogens (primary N) is 1. The van der Waals surface area contributed by atoms with Crippen LogP contribution >= 0.6 is 0 Å². The van der Waals surface area contributed by atoms with Gasteiger partial charge in [-0.1, -0.05) is 26.0 Å². The van der Waals surface area contributed by atoms with Gasteiger partial charge in [0.25, 0.3) is 0 Å². The highest BCUT2D eigenvalue weighted by molar-refractivity contribution is 5.30. The fourth-order valence-corrected chi connectivity index (χ4v) is 1.88. The Hall–Kier alpha value is -1.06. The van der Waals surface area contributed by atoms with Gasteiger partial charge in [-0.05, 0) is 43.4 Å². The highest BCUT2D eigenvalue weighted by atomic mass is 16.5. The Morgan fingerprint density at radius 3 is 2.61 bits per heavy atom. The van der Waals surface area contributed by atoms with Gasteiger partial charge in [0, 0.05) is 0 Å². The summed E-state index contributed by atoms with van der Waals surface area (Å²) < 4.78 is 5.44. The SMILES string of the molecule is CCOc1cccc([C@@H](N)[C@@H](O)CCC(C)C)c1. The van der Waals surface area contributed by atoms with E-state index in [1.165, 1.54) is 0 Å². The normalized spacial score (nSPS) is 14.6. The molecular weight excluding hydrogens is 226 g/mol. The lowest BCUT2D eigenvalue weighted by Crippen LogP contribution is -2.26. The number of rotatable bonds is 7. The van der Waals surface area contributed by atoms with Crippen LogP contribution in [-0.2, 0) is 0 Å². The third kappa shape index (κ3) is 4.67. The molecule has 3 heteroatoms. The predicted octanol–water partition coefficient (Wildman–Crippen LogP) is 2.88. The monoisotopic (exact) mass is 251 g/mol. The van der Waals surface area contributed by atoms with Gasteiger partial charge in [0.15, 0.2) is 0 Å². The molecule has 0 spiro atoms. The molecule has 0 heterocycles. The van der Waals surface area contributed by atoms with Crippen LogP contribution in [0, 0.1) is 5.92 Å². The Morgan fingerprint density at radius 2 is 2.00 bits per heavy atom. The Bertz CT molecular complexity index is 352. The van der Waals surface area contributed by atoms with Gasteiger partial charge in [0.2, 0.25) is 0 Å². The van der Waals surface area contributed by atoms with Crippen molar-refractivity contribution in [3.8, 4) is 5.75 Å². The Balaban J connectivity index is 2.64. The average Bonchev–Trinajstić information content (AvgIpc) is 2.35. The number of hydrogen-bond acceptors (Lipinski definition) is 3. The minimum atomic E-state index is -0.496. The van der Waals surface area contributed by atoms with Crippen molar-refractivity contribution in [3.05, 3.63) is 29.8 Å². The van der Waals surface area contributed by atoms with E-state index in [-0.39, 0.29) is 6.04 Å². The first-order chi connectivity index (χ1) is 8.54. The molecule has 0 amide bonds. The molecule has 0 aliphatic rings. The standard InChI is InChI=1S/C15H25NO2/c1-4-18-13-7-5-6-12(10-13)15(16)14(17)9-8-11(2)3/h5-7,10-11,14-15,17H,4,8-9,16H2,1-3H3/t14-,15+/m0/s1. The van der Waals surface area contributed by atoms with E-state index in [0.717, 1.165) is 24.2 Å². The fourth-order valence-electron chi connectivity index (χ4n) is 1.88. The quantitative estimate of drug-likeness (QED) is 0.783. The summed E-state index contributed by atoms with van der Waals surface area (Å²) in [5, 5.41) is 10.1. The summed E-state index contributed by atoms with van der Waals surface area (Å²) in [4.78, 5) is 0. The van der Waals surface area contributed by atoms with Crippen LogP contribution in [0.3, 0.4) is 0 Å². The summed E-state index contributed by atoms with van der Waals surface area (Å²) in [6.07, 6.45) is 1.22. The van der Waals surface area contributed by atoms with Crippen LogP contribution in [0.5, 0.6) is 5.75 Å². The minimum absolute atomic E-state index is 0.343. The molecule has 1 aromatic carbocycles. The van der Waals surface area contributed by atoms with Crippen LogP contribution in [0.2, 0.25) is 0 Å². The van der Waals surface area contributed by atoms with E-state index in [4.69, 9.17) is 10.5 Å². The lowest BCUT2D eigenvalue weighted by Gasteiger charge is -2.20. The summed E-state index contributed by atoms with van der Waals surface area (Å²) in [5.41, 5.74) is 7.01. The van der Waals surface area contributed by atoms with E-state index in [9.17, 15) is 5.11 Å². The molecular formula is C15H25NO2. The van der Waals surface area contributed by atoms with Gasteiger partial charge in [0.05, 0.1) is 18.8 Å². The molecule has 18 heavy (non-hydrogen) atoms. The molecule has 0 fully saturated rings. The maximum absolute atomic E-state index is 10.1. The third-order valence-electron chi connectivity index (χ3n) is 3.01. The van der Waals surface area contributed by atoms with E-state index in [1.807, 2.05) is 31.2 Å². The molecule has 0 radical (unpaired) electrons. The number of aliphatic hydroxyl groups excluding tert-OH is 1. The van der Waals surface area contributed by atoms with Gasteiger partial charge in [-0.25, -0.2) is 0 Å². The molecule has 0 aromatic heterocycles. The van der Waals surface area contributed by atoms with Gasteiger partial charge in [-0.15, -0.1) is 0 Å². The Morgan fingerprint density at radius 1 is 1.28 bits per heavy atom. The fraction of sp³-hybridized carbons (Fsp3) is 0.600. The van der Waals surface area contributed by atoms with Crippen LogP contribution in [0.4, 0.5) is 0 Å². The first-order valence-corrected chi connectivity index (χ1v) is 6.71. The largest absolute Gasteiger partial charge is 0.494 e. The zero-order valence-corrected chi connectivity index (χ0v) is 11.6. The molecule has 0 saturated carbocycles. The van der Waals surface area contributed by atoms with Gasteiger partial charge >= 0.3 is 0 Å². The molecule has 3 N–H and O–H groups in total. The van der Waals surface area contributed by atoms with Crippen LogP contribution in [0.25, 0.3) is 0 Å². The topological polar surface area (TPSA) is 55.5 Å². The molecule has 0 aliphatic heterocycles. The summed E-state index contributed by atoms with van der Waals surface area (Å²) >= 11 is 0. The maximum atomic E-state index is 10.1. The van der Waals surface area contributed by atoms with Crippen molar-refractivity contribution in [2.24, 2.45) is 11.7 Å². The summed E-state index contributed by atoms with van der Waals surface area (Å²) in [7, 11) is 0. The van der Waals surface area contributed by atoms with E-state index in [2.05, 4.69) is 13.8 Å². The average molecular weight is 251 g/mol. The van der Waals surface area contributed by atoms with Crippen molar-refractivity contribution in [1.29, 1.82) is 0 Å². The van der Waals surface area contributed by atoms with E-state index < -0.39 is 6.10 Å². The molecule has 0 saturated heterocycles. The highest BCUT2D eigenvalue weighted by Gasteiger charge is 2.17. The first-order valence-electron chi connectivity index (χ1n) is 6.71. The Labute approximate surface area is 110 Å². The number of ether oxygens (including phenoxy) is 1. The smallest absolute Gasteiger partial charge is 0.119 e. The highest BCUT2D eigenvalue weighted by Crippen LogP contribution is 2.23. The maximum Gasteiger partial charge on any atom is 0.119 e. The van der Waals surface area contributed by atoms with E-state index >= 15 is 0 Å². The molecule has 1 rings (SSSR count). The number of hydrogen-bond donors (Lipinski definition) is 2. The van der Waals surface area contributed by atoms with Crippen molar-refractivity contribution < 1.29 is 9.84 Å². The zero-order valence-electron chi connectivity index (χ0n) is 11.6. The second-order valence-electron chi connectivity index (χ2n) is 5.07. The van der Waals surface area contributed by atoms with Crippen LogP contribution in [-0.4, -0.2) is 17.8 Å². The van der Waals surface area contributed by atoms with Crippen molar-refractivity contribution >= 4 is 0 Å². The summed E-state index contributed by atoms with van der Waals surface area (Å²) in [5.74, 6) is 1.39. The number of aliphatic hydroxyl groups is 1. The molecule has 0 aliphatic carbocycles. The van der Waals surface area contributed by atoms with E-state index in [1.54, 1.807) is 0 Å². The van der Waals surface area contributed by atoms with Crippen LogP contribution < -0.4 is 10.5 Å². The van der Waals surface area contributed by atoms with Gasteiger partial charge in [-0.2, -0.15) is 0 Å². The van der Waals surface area contributed by atoms with Gasteiger partial charge in [-0.3, -0.25) is 0 Å². The second-order valence-corrected chi connectivity index (χ2v) is 5.07. The van der Waals surface area contributed by atoms with Crippen LogP contribution in [0.15, 0.2) is 24.3 Å². The number of benzene rings is 1. The van der Waals surface area contributed by atoms with Crippen molar-refractivity contribution in [1.82, 2.24) is 0 Å².